The van der Waals surface area contributed by atoms with E-state index in [0.717, 1.165) is 6.26 Å². The van der Waals surface area contributed by atoms with Gasteiger partial charge in [-0.2, -0.15) is 0 Å². The van der Waals surface area contributed by atoms with E-state index in [1.54, 1.807) is 19.3 Å². The zero-order valence-electron chi connectivity index (χ0n) is 11.7. The minimum absolute atomic E-state index is 0.0427. The summed E-state index contributed by atoms with van der Waals surface area (Å²) in [5.41, 5.74) is 1.23. The van der Waals surface area contributed by atoms with Crippen LogP contribution in [0.3, 0.4) is 0 Å². The van der Waals surface area contributed by atoms with Crippen LogP contribution in [0.15, 0.2) is 20.6 Å². The van der Waals surface area contributed by atoms with Crippen LogP contribution in [0.25, 0.3) is 0 Å². The average Bonchev–Trinajstić information content (AvgIpc) is 2.27. The normalized spacial score (nSPS) is 12.4. The van der Waals surface area contributed by atoms with Crippen molar-refractivity contribution in [2.24, 2.45) is 4.99 Å². The van der Waals surface area contributed by atoms with E-state index in [4.69, 9.17) is 0 Å². The summed E-state index contributed by atoms with van der Waals surface area (Å²) in [5, 5.41) is 0.0427. The summed E-state index contributed by atoms with van der Waals surface area (Å²) in [4.78, 5) is 10.4. The highest BCUT2D eigenvalue weighted by Gasteiger charge is 2.16. The zero-order valence-corrected chi connectivity index (χ0v) is 14.1. The number of aromatic nitrogens is 1. The molecule has 19 heavy (non-hydrogen) atoms. The molecular formula is C12H18BrN3O2S. The van der Waals surface area contributed by atoms with Gasteiger partial charge in [0, 0.05) is 19.3 Å². The number of aryl methyl sites for hydroxylation is 1. The van der Waals surface area contributed by atoms with Gasteiger partial charge in [-0.15, -0.1) is 0 Å². The molecule has 5 nitrogen and oxygen atoms in total. The lowest BCUT2D eigenvalue weighted by Crippen LogP contribution is -2.24. The first kappa shape index (κ1) is 16.1. The number of aliphatic imine (C=N–C) groups is 1. The summed E-state index contributed by atoms with van der Waals surface area (Å²) in [6.07, 6.45) is 2.84. The number of halogens is 1. The van der Waals surface area contributed by atoms with Crippen molar-refractivity contribution in [1.29, 1.82) is 0 Å². The number of nitrogens with zero attached hydrogens (tertiary/aromatic N) is 3. The first-order valence-electron chi connectivity index (χ1n) is 5.76. The molecule has 1 aromatic heterocycles. The van der Waals surface area contributed by atoms with Gasteiger partial charge in [0.25, 0.3) is 0 Å². The second kappa shape index (κ2) is 6.00. The Balaban J connectivity index is 3.17. The minimum Gasteiger partial charge on any atom is -0.363 e. The van der Waals surface area contributed by atoms with Crippen LogP contribution in [0.5, 0.6) is 0 Å². The maximum Gasteiger partial charge on any atom is 0.193 e. The van der Waals surface area contributed by atoms with Crippen molar-refractivity contribution < 1.29 is 8.42 Å². The lowest BCUT2D eigenvalue weighted by Gasteiger charge is -2.17. The van der Waals surface area contributed by atoms with Gasteiger partial charge in [-0.1, -0.05) is 0 Å². The molecule has 0 N–H and O–H groups in total. The molecule has 0 bridgehead atoms. The van der Waals surface area contributed by atoms with Crippen LogP contribution >= 0.6 is 15.9 Å². The minimum atomic E-state index is -3.34. The predicted octanol–water partition coefficient (Wildman–Crippen LogP) is 2.56. The Labute approximate surface area is 122 Å². The lowest BCUT2D eigenvalue weighted by molar-refractivity contribution is 0.429. The SMILES string of the molecule is Cc1nc(S(C)(=O)=O)c(Br)cc1/N=C/N(C)C(C)C. The van der Waals surface area contributed by atoms with Gasteiger partial charge in [0.1, 0.15) is 0 Å². The quantitative estimate of drug-likeness (QED) is 0.620. The molecular weight excluding hydrogens is 330 g/mol. The van der Waals surface area contributed by atoms with Gasteiger partial charge < -0.3 is 4.90 Å². The van der Waals surface area contributed by atoms with Crippen LogP contribution in [-0.4, -0.2) is 44.0 Å². The van der Waals surface area contributed by atoms with E-state index in [2.05, 4.69) is 39.8 Å². The second-order valence-corrected chi connectivity index (χ2v) is 7.44. The molecule has 0 atom stereocenters. The number of pyridine rings is 1. The van der Waals surface area contributed by atoms with Gasteiger partial charge in [-0.25, -0.2) is 18.4 Å². The van der Waals surface area contributed by atoms with Crippen LogP contribution < -0.4 is 0 Å². The fraction of sp³-hybridized carbons (Fsp3) is 0.500. The lowest BCUT2D eigenvalue weighted by atomic mass is 10.3. The van der Waals surface area contributed by atoms with Crippen LogP contribution in [0.1, 0.15) is 19.5 Å². The highest BCUT2D eigenvalue weighted by Crippen LogP contribution is 2.27. The Morgan fingerprint density at radius 2 is 2.05 bits per heavy atom. The van der Waals surface area contributed by atoms with Crippen LogP contribution in [0.4, 0.5) is 5.69 Å². The summed E-state index contributed by atoms with van der Waals surface area (Å²) in [6.45, 7) is 5.85. The van der Waals surface area contributed by atoms with Gasteiger partial charge in [0.05, 0.1) is 22.2 Å². The summed E-state index contributed by atoms with van der Waals surface area (Å²) >= 11 is 3.22. The molecule has 0 aromatic carbocycles. The van der Waals surface area contributed by atoms with Gasteiger partial charge in [0.2, 0.25) is 0 Å². The topological polar surface area (TPSA) is 62.6 Å². The summed E-state index contributed by atoms with van der Waals surface area (Å²) in [7, 11) is -1.41. The number of sulfone groups is 1. The molecule has 0 saturated heterocycles. The van der Waals surface area contributed by atoms with E-state index < -0.39 is 9.84 Å². The maximum atomic E-state index is 11.5. The van der Waals surface area contributed by atoms with Crippen LogP contribution in [0, 0.1) is 6.92 Å². The van der Waals surface area contributed by atoms with Crippen molar-refractivity contribution in [3.63, 3.8) is 0 Å². The second-order valence-electron chi connectivity index (χ2n) is 4.66. The van der Waals surface area contributed by atoms with E-state index in [9.17, 15) is 8.42 Å². The van der Waals surface area contributed by atoms with E-state index in [1.807, 2.05) is 11.9 Å². The molecule has 0 aliphatic heterocycles. The zero-order chi connectivity index (χ0) is 14.8. The first-order valence-corrected chi connectivity index (χ1v) is 8.44. The molecule has 0 saturated carbocycles. The highest BCUT2D eigenvalue weighted by molar-refractivity contribution is 9.10. The molecule has 1 heterocycles. The Kier molecular flexibility index (Phi) is 5.09. The molecule has 106 valence electrons. The Hall–Kier alpha value is -0.950. The smallest absolute Gasteiger partial charge is 0.193 e. The van der Waals surface area contributed by atoms with Crippen molar-refractivity contribution >= 4 is 37.8 Å². The molecule has 0 radical (unpaired) electrons. The predicted molar refractivity (Wildman–Crippen MR) is 80.8 cm³/mol. The van der Waals surface area contributed by atoms with Gasteiger partial charge >= 0.3 is 0 Å². The van der Waals surface area contributed by atoms with Crippen LogP contribution in [0.2, 0.25) is 0 Å². The third kappa shape index (κ3) is 4.28. The number of hydrogen-bond donors (Lipinski definition) is 0. The standard InChI is InChI=1S/C12H18BrN3O2S/c1-8(2)16(4)7-14-11-6-10(13)12(15-9(11)3)19(5,17)18/h6-8H,1-5H3/b14-7+. The molecule has 0 aliphatic rings. The molecule has 7 heteroatoms. The molecule has 0 unspecified atom stereocenters. The molecule has 1 aromatic rings. The molecule has 0 spiro atoms. The van der Waals surface area contributed by atoms with Gasteiger partial charge in [-0.05, 0) is 42.8 Å². The third-order valence-corrected chi connectivity index (χ3v) is 4.53. The van der Waals surface area contributed by atoms with Gasteiger partial charge in [0.15, 0.2) is 14.9 Å². The summed E-state index contributed by atoms with van der Waals surface area (Å²) in [6, 6.07) is 2.01. The fourth-order valence-electron chi connectivity index (χ4n) is 1.23. The van der Waals surface area contributed by atoms with Crippen molar-refractivity contribution in [2.75, 3.05) is 13.3 Å². The maximum absolute atomic E-state index is 11.5. The van der Waals surface area contributed by atoms with E-state index in [-0.39, 0.29) is 5.03 Å². The molecule has 0 amide bonds. The van der Waals surface area contributed by atoms with E-state index >= 15 is 0 Å². The van der Waals surface area contributed by atoms with E-state index in [0.29, 0.717) is 21.9 Å². The van der Waals surface area contributed by atoms with Crippen molar-refractivity contribution in [1.82, 2.24) is 9.88 Å². The number of rotatable bonds is 4. The molecule has 1 rings (SSSR count). The Bertz CT molecular complexity index is 597. The largest absolute Gasteiger partial charge is 0.363 e. The fourth-order valence-corrected chi connectivity index (χ4v) is 3.13. The monoisotopic (exact) mass is 347 g/mol. The summed E-state index contributed by atoms with van der Waals surface area (Å²) < 4.78 is 23.5. The van der Waals surface area contributed by atoms with Crippen molar-refractivity contribution in [2.45, 2.75) is 31.8 Å². The molecule has 0 fully saturated rings. The third-order valence-electron chi connectivity index (χ3n) is 2.65. The van der Waals surface area contributed by atoms with E-state index in [1.165, 1.54) is 0 Å². The van der Waals surface area contributed by atoms with Crippen LogP contribution in [-0.2, 0) is 9.84 Å². The van der Waals surface area contributed by atoms with Gasteiger partial charge in [-0.3, -0.25) is 0 Å². The Morgan fingerprint density at radius 1 is 1.47 bits per heavy atom. The molecule has 0 aliphatic carbocycles. The van der Waals surface area contributed by atoms with Crippen molar-refractivity contribution in [3.05, 3.63) is 16.2 Å². The number of hydrogen-bond acceptors (Lipinski definition) is 4. The average molecular weight is 348 g/mol. The Morgan fingerprint density at radius 3 is 2.53 bits per heavy atom. The van der Waals surface area contributed by atoms with Crippen molar-refractivity contribution in [3.8, 4) is 0 Å². The summed E-state index contributed by atoms with van der Waals surface area (Å²) in [5.74, 6) is 0. The highest BCUT2D eigenvalue weighted by atomic mass is 79.9. The first-order chi connectivity index (χ1) is 8.62.